The number of fused-ring (bicyclic) bond motifs is 2. The standard InChI is InChI=1S/C17H15N5OS/c23-15(20-11-5-6-11)17-21-13-14(18-9-19-16(13)24-17)22-8-7-10-3-1-2-4-12(10)22/h1-4,9,11H,5-8H2,(H,20,23). The van der Waals surface area contributed by atoms with Crippen molar-refractivity contribution < 1.29 is 4.79 Å². The molecule has 1 aromatic carbocycles. The van der Waals surface area contributed by atoms with Gasteiger partial charge in [0, 0.05) is 18.3 Å². The molecule has 1 amide bonds. The van der Waals surface area contributed by atoms with Crippen molar-refractivity contribution in [2.24, 2.45) is 0 Å². The van der Waals surface area contributed by atoms with Crippen molar-refractivity contribution in [2.75, 3.05) is 11.4 Å². The number of thiazole rings is 1. The van der Waals surface area contributed by atoms with E-state index in [9.17, 15) is 4.79 Å². The minimum atomic E-state index is -0.103. The maximum atomic E-state index is 12.3. The number of benzene rings is 1. The van der Waals surface area contributed by atoms with Gasteiger partial charge in [-0.05, 0) is 30.9 Å². The van der Waals surface area contributed by atoms with Crippen LogP contribution in [0, 0.1) is 0 Å². The first-order valence-corrected chi connectivity index (χ1v) is 8.89. The number of para-hydroxylation sites is 1. The molecule has 5 rings (SSSR count). The van der Waals surface area contributed by atoms with Crippen molar-refractivity contribution in [3.8, 4) is 0 Å². The fourth-order valence-electron chi connectivity index (χ4n) is 3.07. The molecule has 1 N–H and O–H groups in total. The van der Waals surface area contributed by atoms with Crippen LogP contribution in [0.25, 0.3) is 10.3 Å². The number of carbonyl (C=O) groups is 1. The van der Waals surface area contributed by atoms with E-state index in [0.29, 0.717) is 16.6 Å². The second-order valence-electron chi connectivity index (χ2n) is 6.15. The lowest BCUT2D eigenvalue weighted by Gasteiger charge is -2.18. The smallest absolute Gasteiger partial charge is 0.280 e. The minimum Gasteiger partial charge on any atom is -0.347 e. The number of anilines is 2. The Morgan fingerprint density at radius 1 is 1.25 bits per heavy atom. The lowest BCUT2D eigenvalue weighted by Crippen LogP contribution is -2.25. The largest absolute Gasteiger partial charge is 0.347 e. The molecule has 2 aromatic heterocycles. The molecule has 0 radical (unpaired) electrons. The van der Waals surface area contributed by atoms with Gasteiger partial charge in [-0.2, -0.15) is 0 Å². The second kappa shape index (κ2) is 5.24. The van der Waals surface area contributed by atoms with E-state index in [2.05, 4.69) is 43.4 Å². The molecule has 0 spiro atoms. The first-order valence-electron chi connectivity index (χ1n) is 8.07. The van der Waals surface area contributed by atoms with Crippen molar-refractivity contribution in [2.45, 2.75) is 25.3 Å². The Bertz CT molecular complexity index is 949. The van der Waals surface area contributed by atoms with E-state index in [1.807, 2.05) is 6.07 Å². The Morgan fingerprint density at radius 2 is 2.12 bits per heavy atom. The second-order valence-corrected chi connectivity index (χ2v) is 7.13. The van der Waals surface area contributed by atoms with Crippen LogP contribution < -0.4 is 10.2 Å². The Morgan fingerprint density at radius 3 is 3.00 bits per heavy atom. The third-order valence-electron chi connectivity index (χ3n) is 4.43. The summed E-state index contributed by atoms with van der Waals surface area (Å²) in [5.41, 5.74) is 3.18. The van der Waals surface area contributed by atoms with E-state index in [1.165, 1.54) is 16.9 Å². The molecule has 3 heterocycles. The molecule has 0 saturated heterocycles. The number of hydrogen-bond donors (Lipinski definition) is 1. The molecule has 1 saturated carbocycles. The Hall–Kier alpha value is -2.54. The normalized spacial score (nSPS) is 16.4. The molecule has 120 valence electrons. The molecule has 7 heteroatoms. The van der Waals surface area contributed by atoms with Crippen LogP contribution in [0.5, 0.6) is 0 Å². The summed E-state index contributed by atoms with van der Waals surface area (Å²) in [5.74, 6) is 0.681. The van der Waals surface area contributed by atoms with Crippen molar-refractivity contribution in [1.82, 2.24) is 20.3 Å². The van der Waals surface area contributed by atoms with E-state index in [1.54, 1.807) is 6.33 Å². The summed E-state index contributed by atoms with van der Waals surface area (Å²) in [6.45, 7) is 0.868. The predicted octanol–water partition coefficient (Wildman–Crippen LogP) is 2.67. The Labute approximate surface area is 142 Å². The quantitative estimate of drug-likeness (QED) is 0.795. The summed E-state index contributed by atoms with van der Waals surface area (Å²) in [7, 11) is 0. The lowest BCUT2D eigenvalue weighted by molar-refractivity contribution is 0.0951. The molecule has 0 atom stereocenters. The molecule has 24 heavy (non-hydrogen) atoms. The highest BCUT2D eigenvalue weighted by atomic mass is 32.1. The van der Waals surface area contributed by atoms with Crippen LogP contribution in [-0.4, -0.2) is 33.4 Å². The Kier molecular flexibility index (Phi) is 3.02. The number of amides is 1. The number of carbonyl (C=O) groups excluding carboxylic acids is 1. The first-order chi connectivity index (χ1) is 11.8. The molecule has 1 fully saturated rings. The van der Waals surface area contributed by atoms with Gasteiger partial charge in [0.15, 0.2) is 10.8 Å². The Balaban J connectivity index is 1.57. The topological polar surface area (TPSA) is 71.0 Å². The fourth-order valence-corrected chi connectivity index (χ4v) is 3.88. The number of aromatic nitrogens is 3. The van der Waals surface area contributed by atoms with Gasteiger partial charge >= 0.3 is 0 Å². The van der Waals surface area contributed by atoms with Crippen LogP contribution in [0.1, 0.15) is 28.2 Å². The summed E-state index contributed by atoms with van der Waals surface area (Å²) in [4.78, 5) is 28.5. The highest BCUT2D eigenvalue weighted by molar-refractivity contribution is 7.19. The van der Waals surface area contributed by atoms with Gasteiger partial charge in [-0.15, -0.1) is 0 Å². The third-order valence-corrected chi connectivity index (χ3v) is 5.39. The highest BCUT2D eigenvalue weighted by Gasteiger charge is 2.27. The van der Waals surface area contributed by atoms with E-state index >= 15 is 0 Å². The number of nitrogens with one attached hydrogen (secondary N) is 1. The number of rotatable bonds is 3. The first kappa shape index (κ1) is 13.9. The molecular formula is C17H15N5OS. The monoisotopic (exact) mass is 337 g/mol. The molecular weight excluding hydrogens is 322 g/mol. The molecule has 0 bridgehead atoms. The molecule has 3 aromatic rings. The summed E-state index contributed by atoms with van der Waals surface area (Å²) in [5, 5.41) is 3.45. The van der Waals surface area contributed by atoms with Gasteiger partial charge < -0.3 is 10.2 Å². The van der Waals surface area contributed by atoms with Gasteiger partial charge in [0.05, 0.1) is 0 Å². The van der Waals surface area contributed by atoms with Crippen molar-refractivity contribution in [3.05, 3.63) is 41.2 Å². The lowest BCUT2D eigenvalue weighted by atomic mass is 10.2. The fraction of sp³-hybridized carbons (Fsp3) is 0.294. The predicted molar refractivity (Wildman–Crippen MR) is 92.9 cm³/mol. The maximum absolute atomic E-state index is 12.3. The molecule has 1 aliphatic carbocycles. The molecule has 0 unspecified atom stereocenters. The zero-order chi connectivity index (χ0) is 16.1. The van der Waals surface area contributed by atoms with Crippen LogP contribution >= 0.6 is 11.3 Å². The van der Waals surface area contributed by atoms with E-state index in [-0.39, 0.29) is 5.91 Å². The van der Waals surface area contributed by atoms with Gasteiger partial charge in [-0.3, -0.25) is 4.79 Å². The van der Waals surface area contributed by atoms with Crippen LogP contribution in [0.2, 0.25) is 0 Å². The SMILES string of the molecule is O=C(NC1CC1)c1nc2c(N3CCc4ccccc43)ncnc2s1. The van der Waals surface area contributed by atoms with E-state index in [4.69, 9.17) is 0 Å². The van der Waals surface area contributed by atoms with Crippen LogP contribution in [0.4, 0.5) is 11.5 Å². The van der Waals surface area contributed by atoms with E-state index in [0.717, 1.165) is 42.1 Å². The molecule has 6 nitrogen and oxygen atoms in total. The van der Waals surface area contributed by atoms with Crippen molar-refractivity contribution in [3.63, 3.8) is 0 Å². The van der Waals surface area contributed by atoms with Crippen LogP contribution in [0.3, 0.4) is 0 Å². The number of nitrogens with zero attached hydrogens (tertiary/aromatic N) is 4. The number of hydrogen-bond acceptors (Lipinski definition) is 6. The molecule has 2 aliphatic rings. The summed E-state index contributed by atoms with van der Waals surface area (Å²) >= 11 is 1.33. The minimum absolute atomic E-state index is 0.103. The zero-order valence-corrected chi connectivity index (χ0v) is 13.7. The average Bonchev–Trinajstić information content (AvgIpc) is 3.15. The van der Waals surface area contributed by atoms with Crippen LogP contribution in [-0.2, 0) is 6.42 Å². The van der Waals surface area contributed by atoms with Crippen molar-refractivity contribution in [1.29, 1.82) is 0 Å². The zero-order valence-electron chi connectivity index (χ0n) is 12.9. The van der Waals surface area contributed by atoms with E-state index < -0.39 is 0 Å². The maximum Gasteiger partial charge on any atom is 0.280 e. The molecule has 1 aliphatic heterocycles. The summed E-state index contributed by atoms with van der Waals surface area (Å²) < 4.78 is 0. The average molecular weight is 337 g/mol. The summed E-state index contributed by atoms with van der Waals surface area (Å²) in [6, 6.07) is 8.65. The third kappa shape index (κ3) is 2.24. The van der Waals surface area contributed by atoms with Gasteiger partial charge in [-0.25, -0.2) is 15.0 Å². The van der Waals surface area contributed by atoms with Crippen LogP contribution in [0.15, 0.2) is 30.6 Å². The highest BCUT2D eigenvalue weighted by Crippen LogP contribution is 2.37. The van der Waals surface area contributed by atoms with Gasteiger partial charge in [-0.1, -0.05) is 29.5 Å². The van der Waals surface area contributed by atoms with Gasteiger partial charge in [0.1, 0.15) is 16.7 Å². The van der Waals surface area contributed by atoms with Gasteiger partial charge in [0.2, 0.25) is 0 Å². The van der Waals surface area contributed by atoms with Gasteiger partial charge in [0.25, 0.3) is 5.91 Å². The van der Waals surface area contributed by atoms with Crippen molar-refractivity contribution >= 4 is 39.1 Å². The summed E-state index contributed by atoms with van der Waals surface area (Å²) in [6.07, 6.45) is 4.67.